The molecule has 2 heterocycles. The minimum atomic E-state index is 0.304. The number of nitrogen functional groups attached to an aromatic ring is 1. The lowest BCUT2D eigenvalue weighted by atomic mass is 10.1. The zero-order valence-corrected chi connectivity index (χ0v) is 8.29. The predicted octanol–water partition coefficient (Wildman–Crippen LogP) is 1.10. The van der Waals surface area contributed by atoms with Crippen LogP contribution in [0.15, 0.2) is 12.3 Å². The number of anilines is 1. The summed E-state index contributed by atoms with van der Waals surface area (Å²) in [4.78, 5) is 4.16. The van der Waals surface area contributed by atoms with Crippen molar-refractivity contribution >= 4 is 5.69 Å². The molecule has 2 rings (SSSR count). The number of ether oxygens (including phenoxy) is 1. The van der Waals surface area contributed by atoms with Crippen LogP contribution in [0.1, 0.15) is 24.4 Å². The molecule has 0 amide bonds. The summed E-state index contributed by atoms with van der Waals surface area (Å²) in [5.41, 5.74) is 7.68. The van der Waals surface area contributed by atoms with Crippen LogP contribution in [0, 0.1) is 0 Å². The SMILES string of the molecule is COc1nccc(N)c1[C@@H]1CCCN1. The van der Waals surface area contributed by atoms with E-state index in [1.54, 1.807) is 13.3 Å². The maximum absolute atomic E-state index is 5.92. The molecule has 1 aromatic heterocycles. The smallest absolute Gasteiger partial charge is 0.219 e. The van der Waals surface area contributed by atoms with Crippen molar-refractivity contribution in [1.29, 1.82) is 0 Å². The highest BCUT2D eigenvalue weighted by Gasteiger charge is 2.22. The molecule has 1 aromatic rings. The van der Waals surface area contributed by atoms with Crippen LogP contribution in [0.5, 0.6) is 5.88 Å². The van der Waals surface area contributed by atoms with Gasteiger partial charge >= 0.3 is 0 Å². The summed E-state index contributed by atoms with van der Waals surface area (Å²) in [6.07, 6.45) is 3.96. The molecule has 1 aliphatic rings. The van der Waals surface area contributed by atoms with Gasteiger partial charge in [-0.3, -0.25) is 0 Å². The summed E-state index contributed by atoms with van der Waals surface area (Å²) in [6.45, 7) is 1.04. The fraction of sp³-hybridized carbons (Fsp3) is 0.500. The lowest BCUT2D eigenvalue weighted by molar-refractivity contribution is 0.387. The van der Waals surface area contributed by atoms with E-state index < -0.39 is 0 Å². The van der Waals surface area contributed by atoms with Gasteiger partial charge in [0.15, 0.2) is 0 Å². The van der Waals surface area contributed by atoms with Crippen LogP contribution in [0.25, 0.3) is 0 Å². The van der Waals surface area contributed by atoms with Gasteiger partial charge in [0.25, 0.3) is 0 Å². The molecule has 1 saturated heterocycles. The highest BCUT2D eigenvalue weighted by Crippen LogP contribution is 2.33. The molecule has 0 aromatic carbocycles. The molecule has 4 heteroatoms. The van der Waals surface area contributed by atoms with Crippen molar-refractivity contribution in [2.45, 2.75) is 18.9 Å². The third-order valence-corrected chi connectivity index (χ3v) is 2.59. The van der Waals surface area contributed by atoms with Gasteiger partial charge in [-0.1, -0.05) is 0 Å². The summed E-state index contributed by atoms with van der Waals surface area (Å²) in [5.74, 6) is 0.643. The Morgan fingerprint density at radius 3 is 3.14 bits per heavy atom. The number of nitrogens with one attached hydrogen (secondary N) is 1. The third-order valence-electron chi connectivity index (χ3n) is 2.59. The molecule has 0 saturated carbocycles. The van der Waals surface area contributed by atoms with Crippen LogP contribution in [0.4, 0.5) is 5.69 Å². The summed E-state index contributed by atoms with van der Waals surface area (Å²) in [7, 11) is 1.63. The third kappa shape index (κ3) is 1.53. The zero-order chi connectivity index (χ0) is 9.97. The molecule has 1 fully saturated rings. The first-order valence-corrected chi connectivity index (χ1v) is 4.84. The maximum atomic E-state index is 5.92. The lowest BCUT2D eigenvalue weighted by Crippen LogP contribution is -2.16. The van der Waals surface area contributed by atoms with Gasteiger partial charge < -0.3 is 15.8 Å². The summed E-state index contributed by atoms with van der Waals surface area (Å²) in [6, 6.07) is 2.12. The van der Waals surface area contributed by atoms with Gasteiger partial charge in [-0.05, 0) is 25.5 Å². The van der Waals surface area contributed by atoms with E-state index in [1.165, 1.54) is 6.42 Å². The van der Waals surface area contributed by atoms with Crippen LogP contribution in [0.3, 0.4) is 0 Å². The van der Waals surface area contributed by atoms with Crippen LogP contribution < -0.4 is 15.8 Å². The molecule has 76 valence electrons. The summed E-state index contributed by atoms with van der Waals surface area (Å²) >= 11 is 0. The molecule has 4 nitrogen and oxygen atoms in total. The second-order valence-corrected chi connectivity index (χ2v) is 3.47. The number of methoxy groups -OCH3 is 1. The Hall–Kier alpha value is -1.29. The summed E-state index contributed by atoms with van der Waals surface area (Å²) < 4.78 is 5.21. The standard InChI is InChI=1S/C10H15N3O/c1-14-10-9(7(11)4-6-13-10)8-3-2-5-12-8/h4,6,8,12H,2-3,5H2,1H3,(H2,11,13)/t8-/m0/s1. The Kier molecular flexibility index (Phi) is 2.54. The number of pyridine rings is 1. The van der Waals surface area contributed by atoms with Crippen molar-refractivity contribution in [2.75, 3.05) is 19.4 Å². The van der Waals surface area contributed by atoms with E-state index in [-0.39, 0.29) is 0 Å². The monoisotopic (exact) mass is 193 g/mol. The number of aromatic nitrogens is 1. The topological polar surface area (TPSA) is 60.2 Å². The zero-order valence-electron chi connectivity index (χ0n) is 8.29. The lowest BCUT2D eigenvalue weighted by Gasteiger charge is -2.15. The van der Waals surface area contributed by atoms with Crippen molar-refractivity contribution < 1.29 is 4.74 Å². The minimum Gasteiger partial charge on any atom is -0.481 e. The molecule has 0 spiro atoms. The Morgan fingerprint density at radius 2 is 2.50 bits per heavy atom. The minimum absolute atomic E-state index is 0.304. The Morgan fingerprint density at radius 1 is 1.64 bits per heavy atom. The molecule has 0 radical (unpaired) electrons. The molecular formula is C10H15N3O. The Labute approximate surface area is 83.5 Å². The van der Waals surface area contributed by atoms with Crippen LogP contribution >= 0.6 is 0 Å². The van der Waals surface area contributed by atoms with Gasteiger partial charge in [0.05, 0.1) is 12.7 Å². The number of hydrogen-bond acceptors (Lipinski definition) is 4. The van der Waals surface area contributed by atoms with Gasteiger partial charge in [0, 0.05) is 17.9 Å². The quantitative estimate of drug-likeness (QED) is 0.738. The molecule has 3 N–H and O–H groups in total. The predicted molar refractivity (Wildman–Crippen MR) is 55.2 cm³/mol. The normalized spacial score (nSPS) is 21.1. The Bertz CT molecular complexity index is 321. The fourth-order valence-electron chi connectivity index (χ4n) is 1.91. The molecule has 0 bridgehead atoms. The van der Waals surface area contributed by atoms with Crippen molar-refractivity contribution in [3.05, 3.63) is 17.8 Å². The van der Waals surface area contributed by atoms with E-state index >= 15 is 0 Å². The largest absolute Gasteiger partial charge is 0.481 e. The van der Waals surface area contributed by atoms with Crippen LogP contribution in [-0.4, -0.2) is 18.6 Å². The maximum Gasteiger partial charge on any atom is 0.219 e. The van der Waals surface area contributed by atoms with Crippen LogP contribution in [0.2, 0.25) is 0 Å². The van der Waals surface area contributed by atoms with Crippen LogP contribution in [-0.2, 0) is 0 Å². The Balaban J connectivity index is 2.37. The first kappa shape index (κ1) is 9.27. The van der Waals surface area contributed by atoms with E-state index in [1.807, 2.05) is 6.07 Å². The van der Waals surface area contributed by atoms with E-state index in [0.717, 1.165) is 24.2 Å². The fourth-order valence-corrected chi connectivity index (χ4v) is 1.91. The molecule has 1 atom stereocenters. The first-order valence-electron chi connectivity index (χ1n) is 4.84. The average molecular weight is 193 g/mol. The van der Waals surface area contributed by atoms with E-state index in [2.05, 4.69) is 10.3 Å². The number of hydrogen-bond donors (Lipinski definition) is 2. The van der Waals surface area contributed by atoms with Gasteiger partial charge in [0.1, 0.15) is 0 Å². The van der Waals surface area contributed by atoms with Crippen molar-refractivity contribution in [1.82, 2.24) is 10.3 Å². The second kappa shape index (κ2) is 3.84. The number of nitrogens with zero attached hydrogens (tertiary/aromatic N) is 1. The van der Waals surface area contributed by atoms with Crippen molar-refractivity contribution in [2.24, 2.45) is 0 Å². The second-order valence-electron chi connectivity index (χ2n) is 3.47. The van der Waals surface area contributed by atoms with E-state index in [9.17, 15) is 0 Å². The highest BCUT2D eigenvalue weighted by molar-refractivity contribution is 5.52. The number of rotatable bonds is 2. The van der Waals surface area contributed by atoms with Gasteiger partial charge in [0.2, 0.25) is 5.88 Å². The molecular weight excluding hydrogens is 178 g/mol. The molecule has 14 heavy (non-hydrogen) atoms. The van der Waals surface area contributed by atoms with Crippen molar-refractivity contribution in [3.8, 4) is 5.88 Å². The van der Waals surface area contributed by atoms with Gasteiger partial charge in [-0.15, -0.1) is 0 Å². The van der Waals surface area contributed by atoms with Crippen molar-refractivity contribution in [3.63, 3.8) is 0 Å². The molecule has 0 unspecified atom stereocenters. The van der Waals surface area contributed by atoms with Gasteiger partial charge in [-0.2, -0.15) is 0 Å². The first-order chi connectivity index (χ1) is 6.83. The molecule has 0 aliphatic carbocycles. The van der Waals surface area contributed by atoms with Gasteiger partial charge in [-0.25, -0.2) is 4.98 Å². The highest BCUT2D eigenvalue weighted by atomic mass is 16.5. The molecule has 1 aliphatic heterocycles. The average Bonchev–Trinajstić information content (AvgIpc) is 2.70. The number of nitrogens with two attached hydrogens (primary N) is 1. The van der Waals surface area contributed by atoms with E-state index in [4.69, 9.17) is 10.5 Å². The van der Waals surface area contributed by atoms with E-state index in [0.29, 0.717) is 11.9 Å². The summed E-state index contributed by atoms with van der Waals surface area (Å²) in [5, 5.41) is 3.39.